The van der Waals surface area contributed by atoms with Gasteiger partial charge in [0, 0.05) is 32.8 Å². The molecule has 2 saturated heterocycles. The number of carbonyl (C=O) groups is 1. The van der Waals surface area contributed by atoms with Crippen LogP contribution >= 0.6 is 0 Å². The summed E-state index contributed by atoms with van der Waals surface area (Å²) in [6.45, 7) is 6.45. The first-order valence-corrected chi connectivity index (χ1v) is 7.60. The van der Waals surface area contributed by atoms with Crippen molar-refractivity contribution in [3.05, 3.63) is 5.82 Å². The summed E-state index contributed by atoms with van der Waals surface area (Å²) in [5.41, 5.74) is -0.00763. The van der Waals surface area contributed by atoms with Gasteiger partial charge in [0.1, 0.15) is 0 Å². The van der Waals surface area contributed by atoms with Gasteiger partial charge >= 0.3 is 0 Å². The first-order valence-electron chi connectivity index (χ1n) is 7.60. The molecule has 2 fully saturated rings. The van der Waals surface area contributed by atoms with Gasteiger partial charge in [-0.1, -0.05) is 0 Å². The second-order valence-electron chi connectivity index (χ2n) is 6.32. The van der Waals surface area contributed by atoms with Crippen LogP contribution in [0.1, 0.15) is 43.7 Å². The summed E-state index contributed by atoms with van der Waals surface area (Å²) in [4.78, 5) is 14.2. The van der Waals surface area contributed by atoms with Crippen LogP contribution in [0.3, 0.4) is 0 Å². The molecule has 116 valence electrons. The summed E-state index contributed by atoms with van der Waals surface area (Å²) in [6.07, 6.45) is 3.27. The third-order valence-electron chi connectivity index (χ3n) is 4.26. The van der Waals surface area contributed by atoms with E-state index in [0.29, 0.717) is 5.82 Å². The Morgan fingerprint density at radius 1 is 1.38 bits per heavy atom. The molecule has 7 nitrogen and oxygen atoms in total. The molecule has 1 atom stereocenters. The van der Waals surface area contributed by atoms with E-state index in [0.717, 1.165) is 44.9 Å². The molecule has 0 bridgehead atoms. The van der Waals surface area contributed by atoms with Crippen LogP contribution in [0.5, 0.6) is 0 Å². The van der Waals surface area contributed by atoms with Gasteiger partial charge in [-0.25, -0.2) is 0 Å². The van der Waals surface area contributed by atoms with Crippen LogP contribution in [-0.2, 0) is 11.8 Å². The minimum atomic E-state index is -0.183. The van der Waals surface area contributed by atoms with E-state index in [1.165, 1.54) is 0 Å². The monoisotopic (exact) mass is 293 g/mol. The van der Waals surface area contributed by atoms with Crippen molar-refractivity contribution in [3.63, 3.8) is 0 Å². The summed E-state index contributed by atoms with van der Waals surface area (Å²) in [5.74, 6) is 0.917. The van der Waals surface area contributed by atoms with E-state index in [-0.39, 0.29) is 17.6 Å². The lowest BCUT2D eigenvalue weighted by molar-refractivity contribution is 0.0231. The highest BCUT2D eigenvalue weighted by atomic mass is 16.5. The zero-order chi connectivity index (χ0) is 15.0. The molecule has 7 heteroatoms. The molecule has 21 heavy (non-hydrogen) atoms. The van der Waals surface area contributed by atoms with Crippen molar-refractivity contribution < 1.29 is 9.53 Å². The number of anilines is 1. The number of amides is 1. The van der Waals surface area contributed by atoms with Gasteiger partial charge in [-0.2, -0.15) is 0 Å². The summed E-state index contributed by atoms with van der Waals surface area (Å²) in [5, 5.41) is 11.1. The maximum atomic E-state index is 12.1. The lowest BCUT2D eigenvalue weighted by Gasteiger charge is -2.23. The highest BCUT2D eigenvalue weighted by Crippen LogP contribution is 2.36. The molecule has 3 rings (SSSR count). The molecule has 1 unspecified atom stereocenters. The average molecular weight is 293 g/mol. The summed E-state index contributed by atoms with van der Waals surface area (Å²) >= 11 is 0. The fourth-order valence-corrected chi connectivity index (χ4v) is 3.21. The van der Waals surface area contributed by atoms with Crippen LogP contribution in [0.15, 0.2) is 0 Å². The fourth-order valence-electron chi connectivity index (χ4n) is 3.21. The van der Waals surface area contributed by atoms with Crippen LogP contribution < -0.4 is 10.2 Å². The van der Waals surface area contributed by atoms with Crippen molar-refractivity contribution in [2.45, 2.75) is 44.8 Å². The molecule has 0 saturated carbocycles. The molecule has 0 radical (unpaired) electrons. The summed E-state index contributed by atoms with van der Waals surface area (Å²) in [6, 6.07) is 0.0830. The van der Waals surface area contributed by atoms with Crippen LogP contribution in [0.4, 0.5) is 5.95 Å². The second-order valence-corrected chi connectivity index (χ2v) is 6.32. The van der Waals surface area contributed by atoms with Gasteiger partial charge in [0.25, 0.3) is 5.91 Å². The number of aromatic nitrogens is 3. The summed E-state index contributed by atoms with van der Waals surface area (Å²) < 4.78 is 7.69. The minimum absolute atomic E-state index is 0.00763. The Labute approximate surface area is 124 Å². The molecule has 1 aromatic rings. The molecular weight excluding hydrogens is 270 g/mol. The maximum absolute atomic E-state index is 12.1. The SMILES string of the molecule is CC(C)NC(=O)c1nnc(N2CCC3(CCCO3)C2)n1C. The number of ether oxygens (including phenoxy) is 1. The molecule has 2 aliphatic heterocycles. The maximum Gasteiger partial charge on any atom is 0.289 e. The summed E-state index contributed by atoms with van der Waals surface area (Å²) in [7, 11) is 1.84. The highest BCUT2D eigenvalue weighted by molar-refractivity contribution is 5.91. The Kier molecular flexibility index (Phi) is 3.61. The van der Waals surface area contributed by atoms with Crippen molar-refractivity contribution >= 4 is 11.9 Å². The van der Waals surface area contributed by atoms with Gasteiger partial charge in [-0.3, -0.25) is 9.36 Å². The van der Waals surface area contributed by atoms with Gasteiger partial charge in [-0.05, 0) is 33.1 Å². The molecule has 2 aliphatic rings. The van der Waals surface area contributed by atoms with Crippen molar-refractivity contribution in [1.82, 2.24) is 20.1 Å². The third-order valence-corrected chi connectivity index (χ3v) is 4.26. The smallest absolute Gasteiger partial charge is 0.289 e. The van der Waals surface area contributed by atoms with E-state index in [4.69, 9.17) is 4.74 Å². The van der Waals surface area contributed by atoms with Gasteiger partial charge in [0.15, 0.2) is 0 Å². The average Bonchev–Trinajstić information content (AvgIpc) is 3.11. The lowest BCUT2D eigenvalue weighted by Crippen LogP contribution is -2.34. The zero-order valence-corrected chi connectivity index (χ0v) is 12.9. The number of hydrogen-bond donors (Lipinski definition) is 1. The van der Waals surface area contributed by atoms with Gasteiger partial charge in [-0.15, -0.1) is 10.2 Å². The Morgan fingerprint density at radius 2 is 2.19 bits per heavy atom. The third kappa shape index (κ3) is 2.62. The molecular formula is C14H23N5O2. The van der Waals surface area contributed by atoms with Crippen molar-refractivity contribution in [2.24, 2.45) is 7.05 Å². The van der Waals surface area contributed by atoms with Crippen LogP contribution in [0.2, 0.25) is 0 Å². The van der Waals surface area contributed by atoms with E-state index in [1.807, 2.05) is 20.9 Å². The first-order chi connectivity index (χ1) is 10.0. The Balaban J connectivity index is 1.75. The lowest BCUT2D eigenvalue weighted by atomic mass is 10.00. The minimum Gasteiger partial charge on any atom is -0.373 e. The molecule has 1 aromatic heterocycles. The van der Waals surface area contributed by atoms with Gasteiger partial charge in [0.05, 0.1) is 5.60 Å². The van der Waals surface area contributed by atoms with Gasteiger partial charge in [0.2, 0.25) is 11.8 Å². The van der Waals surface area contributed by atoms with Crippen molar-refractivity contribution in [1.29, 1.82) is 0 Å². The van der Waals surface area contributed by atoms with Crippen LogP contribution in [0.25, 0.3) is 0 Å². The van der Waals surface area contributed by atoms with E-state index in [9.17, 15) is 4.79 Å². The molecule has 1 N–H and O–H groups in total. The number of rotatable bonds is 3. The zero-order valence-electron chi connectivity index (χ0n) is 12.9. The molecule has 3 heterocycles. The Morgan fingerprint density at radius 3 is 2.86 bits per heavy atom. The quantitative estimate of drug-likeness (QED) is 0.889. The number of carbonyl (C=O) groups excluding carboxylic acids is 1. The topological polar surface area (TPSA) is 72.3 Å². The highest BCUT2D eigenvalue weighted by Gasteiger charge is 2.43. The number of hydrogen-bond acceptors (Lipinski definition) is 5. The standard InChI is InChI=1S/C14H23N5O2/c1-10(2)15-12(20)11-16-17-13(18(11)3)19-7-6-14(9-19)5-4-8-21-14/h10H,4-9H2,1-3H3,(H,15,20). The van der Waals surface area contributed by atoms with E-state index >= 15 is 0 Å². The molecule has 0 aliphatic carbocycles. The normalized spacial score (nSPS) is 25.2. The first kappa shape index (κ1) is 14.3. The number of nitrogens with zero attached hydrogens (tertiary/aromatic N) is 4. The predicted molar refractivity (Wildman–Crippen MR) is 78.4 cm³/mol. The van der Waals surface area contributed by atoms with Crippen molar-refractivity contribution in [2.75, 3.05) is 24.6 Å². The molecule has 1 amide bonds. The Bertz CT molecular complexity index is 533. The second kappa shape index (κ2) is 5.29. The van der Waals surface area contributed by atoms with Gasteiger partial charge < -0.3 is 15.0 Å². The van der Waals surface area contributed by atoms with E-state index in [1.54, 1.807) is 4.57 Å². The molecule has 1 spiro atoms. The van der Waals surface area contributed by atoms with Crippen molar-refractivity contribution in [3.8, 4) is 0 Å². The Hall–Kier alpha value is -1.63. The number of nitrogens with one attached hydrogen (secondary N) is 1. The largest absolute Gasteiger partial charge is 0.373 e. The predicted octanol–water partition coefficient (Wildman–Crippen LogP) is 0.713. The van der Waals surface area contributed by atoms with Crippen LogP contribution in [0, 0.1) is 0 Å². The van der Waals surface area contributed by atoms with Crippen LogP contribution in [-0.4, -0.2) is 52.0 Å². The fraction of sp³-hybridized carbons (Fsp3) is 0.786. The van der Waals surface area contributed by atoms with E-state index < -0.39 is 0 Å². The van der Waals surface area contributed by atoms with E-state index in [2.05, 4.69) is 20.4 Å². The molecule has 0 aromatic carbocycles.